The Morgan fingerprint density at radius 3 is 2.67 bits per heavy atom. The SMILES string of the molecule is COC(=O)NC(C(=O)N1CCC[C@H]1c1ncc(-c2ccc(N)c(N(C)c3ccccc3)c2)[nH]1)C(C)C. The number of para-hydroxylation sites is 1. The van der Waals surface area contributed by atoms with Crippen LogP contribution in [0.2, 0.25) is 0 Å². The van der Waals surface area contributed by atoms with E-state index in [2.05, 4.69) is 15.3 Å². The number of aromatic nitrogens is 2. The number of nitrogens with one attached hydrogen (secondary N) is 2. The summed E-state index contributed by atoms with van der Waals surface area (Å²) in [6, 6.07) is 15.1. The Kier molecular flexibility index (Phi) is 7.47. The number of hydrogen-bond donors (Lipinski definition) is 3. The van der Waals surface area contributed by atoms with Gasteiger partial charge in [0, 0.05) is 24.8 Å². The molecule has 3 aromatic rings. The van der Waals surface area contributed by atoms with Crippen LogP contribution in [0, 0.1) is 5.92 Å². The van der Waals surface area contributed by atoms with Crippen LogP contribution in [-0.2, 0) is 9.53 Å². The highest BCUT2D eigenvalue weighted by atomic mass is 16.5. The number of H-pyrrole nitrogens is 1. The third kappa shape index (κ3) is 5.15. The normalized spacial score (nSPS) is 16.1. The van der Waals surface area contributed by atoms with Crippen molar-refractivity contribution in [2.24, 2.45) is 5.92 Å². The zero-order chi connectivity index (χ0) is 25.8. The number of hydrogen-bond acceptors (Lipinski definition) is 6. The number of anilines is 3. The standard InChI is InChI=1S/C27H34N6O3/c1-17(2)24(31-27(35)36-4)26(34)33-14-8-11-22(33)25-29-16-21(30-25)18-12-13-20(28)23(15-18)32(3)19-9-6-5-7-10-19/h5-7,9-10,12-13,15-17,22,24H,8,11,14,28H2,1-4H3,(H,29,30)(H,31,35)/t22-,24?/m0/s1. The predicted octanol–water partition coefficient (Wildman–Crippen LogP) is 4.47. The van der Waals surface area contributed by atoms with Crippen molar-refractivity contribution in [2.45, 2.75) is 38.8 Å². The summed E-state index contributed by atoms with van der Waals surface area (Å²) < 4.78 is 4.72. The minimum atomic E-state index is -0.666. The molecule has 2 atom stereocenters. The van der Waals surface area contributed by atoms with Gasteiger partial charge in [0.25, 0.3) is 0 Å². The molecule has 190 valence electrons. The Balaban J connectivity index is 1.57. The summed E-state index contributed by atoms with van der Waals surface area (Å²) in [6.45, 7) is 4.42. The first kappa shape index (κ1) is 25.1. The molecule has 36 heavy (non-hydrogen) atoms. The Labute approximate surface area is 211 Å². The van der Waals surface area contributed by atoms with E-state index in [0.29, 0.717) is 12.2 Å². The van der Waals surface area contributed by atoms with Gasteiger partial charge in [-0.05, 0) is 43.0 Å². The highest BCUT2D eigenvalue weighted by Gasteiger charge is 2.37. The van der Waals surface area contributed by atoms with Crippen LogP contribution in [0.15, 0.2) is 54.7 Å². The average Bonchev–Trinajstić information content (AvgIpc) is 3.57. The molecule has 4 N–H and O–H groups in total. The van der Waals surface area contributed by atoms with E-state index in [-0.39, 0.29) is 17.9 Å². The molecule has 9 nitrogen and oxygen atoms in total. The average molecular weight is 491 g/mol. The number of nitrogen functional groups attached to an aromatic ring is 1. The quantitative estimate of drug-likeness (QED) is 0.421. The molecule has 0 saturated carbocycles. The predicted molar refractivity (Wildman–Crippen MR) is 141 cm³/mol. The van der Waals surface area contributed by atoms with Crippen molar-refractivity contribution in [3.63, 3.8) is 0 Å². The van der Waals surface area contributed by atoms with Gasteiger partial charge in [-0.25, -0.2) is 9.78 Å². The van der Waals surface area contributed by atoms with Gasteiger partial charge in [0.15, 0.2) is 0 Å². The van der Waals surface area contributed by atoms with E-state index in [9.17, 15) is 9.59 Å². The van der Waals surface area contributed by atoms with Crippen LogP contribution in [-0.4, -0.2) is 53.6 Å². The van der Waals surface area contributed by atoms with Crippen LogP contribution in [0.5, 0.6) is 0 Å². The third-order valence-electron chi connectivity index (χ3n) is 6.68. The number of ether oxygens (including phenoxy) is 1. The van der Waals surface area contributed by atoms with Gasteiger partial charge in [-0.2, -0.15) is 0 Å². The van der Waals surface area contributed by atoms with Gasteiger partial charge in [0.2, 0.25) is 5.91 Å². The molecule has 0 radical (unpaired) electrons. The van der Waals surface area contributed by atoms with E-state index in [1.165, 1.54) is 7.11 Å². The third-order valence-corrected chi connectivity index (χ3v) is 6.68. The van der Waals surface area contributed by atoms with Crippen LogP contribution in [0.1, 0.15) is 38.6 Å². The zero-order valence-electron chi connectivity index (χ0n) is 21.2. The fraction of sp³-hybridized carbons (Fsp3) is 0.370. The topological polar surface area (TPSA) is 117 Å². The zero-order valence-corrected chi connectivity index (χ0v) is 21.2. The lowest BCUT2D eigenvalue weighted by molar-refractivity contribution is -0.135. The number of aromatic amines is 1. The fourth-order valence-corrected chi connectivity index (χ4v) is 4.64. The lowest BCUT2D eigenvalue weighted by Crippen LogP contribution is -2.51. The molecule has 2 aromatic carbocycles. The molecule has 2 amide bonds. The molecular weight excluding hydrogens is 456 g/mol. The van der Waals surface area contributed by atoms with Crippen molar-refractivity contribution in [1.82, 2.24) is 20.2 Å². The summed E-state index contributed by atoms with van der Waals surface area (Å²) in [5, 5.41) is 2.68. The van der Waals surface area contributed by atoms with E-state index in [0.717, 1.165) is 41.3 Å². The van der Waals surface area contributed by atoms with Crippen molar-refractivity contribution >= 4 is 29.1 Å². The fourth-order valence-electron chi connectivity index (χ4n) is 4.64. The number of nitrogens with zero attached hydrogens (tertiary/aromatic N) is 3. The molecule has 4 rings (SSSR count). The molecule has 1 aromatic heterocycles. The number of alkyl carbamates (subject to hydrolysis) is 1. The molecule has 0 spiro atoms. The van der Waals surface area contributed by atoms with Crippen LogP contribution in [0.25, 0.3) is 11.3 Å². The van der Waals surface area contributed by atoms with Crippen LogP contribution in [0.3, 0.4) is 0 Å². The summed E-state index contributed by atoms with van der Waals surface area (Å²) >= 11 is 0. The highest BCUT2D eigenvalue weighted by Crippen LogP contribution is 2.35. The summed E-state index contributed by atoms with van der Waals surface area (Å²) in [7, 11) is 3.28. The molecular formula is C27H34N6O3. The van der Waals surface area contributed by atoms with E-state index in [1.54, 1.807) is 11.1 Å². The highest BCUT2D eigenvalue weighted by molar-refractivity contribution is 5.86. The Hall–Kier alpha value is -4.01. The first-order valence-corrected chi connectivity index (χ1v) is 12.2. The van der Waals surface area contributed by atoms with Gasteiger partial charge >= 0.3 is 6.09 Å². The summed E-state index contributed by atoms with van der Waals surface area (Å²) in [4.78, 5) is 37.1. The lowest BCUT2D eigenvalue weighted by atomic mass is 10.0. The maximum absolute atomic E-state index is 13.4. The molecule has 9 heteroatoms. The Morgan fingerprint density at radius 2 is 1.97 bits per heavy atom. The molecule has 2 heterocycles. The number of carbonyl (C=O) groups is 2. The molecule has 1 saturated heterocycles. The Morgan fingerprint density at radius 1 is 1.22 bits per heavy atom. The maximum atomic E-state index is 13.4. The Bertz CT molecular complexity index is 1210. The minimum absolute atomic E-state index is 0.0835. The number of nitrogens with two attached hydrogens (primary N) is 1. The molecule has 1 unspecified atom stereocenters. The van der Waals surface area contributed by atoms with Crippen molar-refractivity contribution < 1.29 is 14.3 Å². The summed E-state index contributed by atoms with van der Waals surface area (Å²) in [5.41, 5.74) is 10.7. The van der Waals surface area contributed by atoms with Crippen LogP contribution in [0.4, 0.5) is 21.9 Å². The second-order valence-electron chi connectivity index (χ2n) is 9.40. The molecule has 1 fully saturated rings. The second kappa shape index (κ2) is 10.7. The van der Waals surface area contributed by atoms with Gasteiger partial charge in [-0.15, -0.1) is 0 Å². The summed E-state index contributed by atoms with van der Waals surface area (Å²) in [6.07, 6.45) is 2.84. The number of likely N-dealkylation sites (tertiary alicyclic amines) is 1. The lowest BCUT2D eigenvalue weighted by Gasteiger charge is -2.30. The first-order valence-electron chi connectivity index (χ1n) is 12.2. The van der Waals surface area contributed by atoms with Crippen LogP contribution < -0.4 is 16.0 Å². The van der Waals surface area contributed by atoms with Gasteiger partial charge in [0.05, 0.1) is 36.4 Å². The monoisotopic (exact) mass is 490 g/mol. The van der Waals surface area contributed by atoms with Crippen molar-refractivity contribution in [3.05, 3.63) is 60.6 Å². The van der Waals surface area contributed by atoms with Gasteiger partial charge < -0.3 is 30.6 Å². The van der Waals surface area contributed by atoms with E-state index < -0.39 is 12.1 Å². The van der Waals surface area contributed by atoms with E-state index >= 15 is 0 Å². The van der Waals surface area contributed by atoms with Gasteiger partial charge in [-0.1, -0.05) is 38.1 Å². The number of imidazole rings is 1. The largest absolute Gasteiger partial charge is 0.453 e. The molecule has 1 aliphatic heterocycles. The van der Waals surface area contributed by atoms with Crippen LogP contribution >= 0.6 is 0 Å². The maximum Gasteiger partial charge on any atom is 0.407 e. The first-order chi connectivity index (χ1) is 17.3. The number of amides is 2. The second-order valence-corrected chi connectivity index (χ2v) is 9.40. The smallest absolute Gasteiger partial charge is 0.407 e. The number of methoxy groups -OCH3 is 1. The number of benzene rings is 2. The molecule has 1 aliphatic rings. The van der Waals surface area contributed by atoms with Crippen molar-refractivity contribution in [3.8, 4) is 11.3 Å². The molecule has 0 bridgehead atoms. The number of carbonyl (C=O) groups excluding carboxylic acids is 2. The van der Waals surface area contributed by atoms with Crippen molar-refractivity contribution in [2.75, 3.05) is 31.3 Å². The van der Waals surface area contributed by atoms with Gasteiger partial charge in [0.1, 0.15) is 11.9 Å². The van der Waals surface area contributed by atoms with E-state index in [4.69, 9.17) is 10.5 Å². The summed E-state index contributed by atoms with van der Waals surface area (Å²) in [5.74, 6) is 0.515. The number of rotatable bonds is 7. The van der Waals surface area contributed by atoms with Gasteiger partial charge in [-0.3, -0.25) is 4.79 Å². The molecule has 0 aliphatic carbocycles. The van der Waals surface area contributed by atoms with Crippen molar-refractivity contribution in [1.29, 1.82) is 0 Å². The minimum Gasteiger partial charge on any atom is -0.453 e. The van der Waals surface area contributed by atoms with E-state index in [1.807, 2.05) is 74.3 Å².